The zero-order chi connectivity index (χ0) is 12.0. The summed E-state index contributed by atoms with van der Waals surface area (Å²) in [5.74, 6) is 0.148. The maximum atomic E-state index is 11.7. The second-order valence-electron chi connectivity index (χ2n) is 4.60. The molecule has 4 nitrogen and oxygen atoms in total. The summed E-state index contributed by atoms with van der Waals surface area (Å²) in [4.78, 5) is 11.7. The van der Waals surface area contributed by atoms with Crippen molar-refractivity contribution in [1.29, 1.82) is 0 Å². The maximum absolute atomic E-state index is 11.7. The molecule has 0 aromatic heterocycles. The minimum absolute atomic E-state index is 0.148. The van der Waals surface area contributed by atoms with Crippen LogP contribution in [0.15, 0.2) is 0 Å². The molecule has 16 heavy (non-hydrogen) atoms. The van der Waals surface area contributed by atoms with Gasteiger partial charge < -0.3 is 15.4 Å². The Kier molecular flexibility index (Phi) is 5.77. The summed E-state index contributed by atoms with van der Waals surface area (Å²) >= 11 is 0. The molecule has 1 saturated carbocycles. The molecule has 3 atom stereocenters. The Hall–Kier alpha value is -0.610. The normalized spacial score (nSPS) is 26.7. The highest BCUT2D eigenvalue weighted by Gasteiger charge is 2.25. The Morgan fingerprint density at radius 1 is 1.50 bits per heavy atom. The Labute approximate surface area is 98.1 Å². The molecule has 0 aromatic carbocycles. The molecule has 1 aliphatic rings. The minimum atomic E-state index is 0.148. The zero-order valence-corrected chi connectivity index (χ0v) is 10.6. The highest BCUT2D eigenvalue weighted by atomic mass is 16.5. The number of carbonyl (C=O) groups is 1. The van der Waals surface area contributed by atoms with Gasteiger partial charge in [-0.1, -0.05) is 6.92 Å². The largest absolute Gasteiger partial charge is 0.381 e. The van der Waals surface area contributed by atoms with Gasteiger partial charge >= 0.3 is 0 Å². The second-order valence-corrected chi connectivity index (χ2v) is 4.60. The van der Waals surface area contributed by atoms with Gasteiger partial charge in [0.05, 0.1) is 6.10 Å². The lowest BCUT2D eigenvalue weighted by Gasteiger charge is -2.16. The number of hydrogen-bond acceptors (Lipinski definition) is 3. The van der Waals surface area contributed by atoms with E-state index in [1.165, 1.54) is 0 Å². The summed E-state index contributed by atoms with van der Waals surface area (Å²) < 4.78 is 5.28. The lowest BCUT2D eigenvalue weighted by Crippen LogP contribution is -2.38. The van der Waals surface area contributed by atoms with Crippen LogP contribution < -0.4 is 10.6 Å². The van der Waals surface area contributed by atoms with E-state index < -0.39 is 0 Å². The topological polar surface area (TPSA) is 50.4 Å². The number of ether oxygens (including phenoxy) is 1. The predicted octanol–water partition coefficient (Wildman–Crippen LogP) is 1.06. The van der Waals surface area contributed by atoms with E-state index in [1.54, 1.807) is 7.11 Å². The molecule has 2 N–H and O–H groups in total. The highest BCUT2D eigenvalue weighted by Crippen LogP contribution is 2.21. The molecule has 0 heterocycles. The maximum Gasteiger partial charge on any atom is 0.221 e. The molecular formula is C12H24N2O2. The van der Waals surface area contributed by atoms with Crippen LogP contribution in [0.1, 0.15) is 39.5 Å². The van der Waals surface area contributed by atoms with Crippen LogP contribution in [-0.4, -0.2) is 37.7 Å². The summed E-state index contributed by atoms with van der Waals surface area (Å²) in [5, 5.41) is 6.31. The molecule has 1 rings (SSSR count). The molecule has 0 saturated heterocycles. The van der Waals surface area contributed by atoms with Crippen LogP contribution >= 0.6 is 0 Å². The Morgan fingerprint density at radius 2 is 2.25 bits per heavy atom. The van der Waals surface area contributed by atoms with E-state index >= 15 is 0 Å². The van der Waals surface area contributed by atoms with Crippen LogP contribution in [0.4, 0.5) is 0 Å². The van der Waals surface area contributed by atoms with Crippen molar-refractivity contribution in [1.82, 2.24) is 10.6 Å². The molecule has 0 bridgehead atoms. The molecule has 1 fully saturated rings. The van der Waals surface area contributed by atoms with Gasteiger partial charge in [-0.15, -0.1) is 0 Å². The van der Waals surface area contributed by atoms with Gasteiger partial charge in [-0.3, -0.25) is 4.79 Å². The van der Waals surface area contributed by atoms with Crippen LogP contribution in [0.3, 0.4) is 0 Å². The summed E-state index contributed by atoms with van der Waals surface area (Å²) in [6, 6.07) is 0.566. The average molecular weight is 228 g/mol. The summed E-state index contributed by atoms with van der Waals surface area (Å²) in [7, 11) is 1.74. The van der Waals surface area contributed by atoms with Gasteiger partial charge in [-0.2, -0.15) is 0 Å². The molecule has 1 amide bonds. The quantitative estimate of drug-likeness (QED) is 0.714. The van der Waals surface area contributed by atoms with E-state index in [0.717, 1.165) is 25.8 Å². The molecule has 3 unspecified atom stereocenters. The van der Waals surface area contributed by atoms with Crippen LogP contribution in [0.5, 0.6) is 0 Å². The molecule has 0 radical (unpaired) electrons. The van der Waals surface area contributed by atoms with Crippen molar-refractivity contribution < 1.29 is 9.53 Å². The molecule has 0 spiro atoms. The Balaban J connectivity index is 2.19. The fraction of sp³-hybridized carbons (Fsp3) is 0.917. The minimum Gasteiger partial charge on any atom is -0.381 e. The van der Waals surface area contributed by atoms with E-state index in [0.29, 0.717) is 18.6 Å². The standard InChI is InChI=1S/C12H24N2O2/c1-4-13-9(2)7-12(15)14-10-5-6-11(8-10)16-3/h9-11,13H,4-8H2,1-3H3,(H,14,15). The van der Waals surface area contributed by atoms with Crippen molar-refractivity contribution in [2.24, 2.45) is 0 Å². The van der Waals surface area contributed by atoms with Gasteiger partial charge in [0, 0.05) is 25.6 Å². The van der Waals surface area contributed by atoms with Gasteiger partial charge in [0.25, 0.3) is 0 Å². The van der Waals surface area contributed by atoms with Crippen molar-refractivity contribution in [2.45, 2.75) is 57.7 Å². The van der Waals surface area contributed by atoms with Crippen molar-refractivity contribution in [3.63, 3.8) is 0 Å². The molecule has 0 aliphatic heterocycles. The average Bonchev–Trinajstić information content (AvgIpc) is 2.65. The van der Waals surface area contributed by atoms with Crippen LogP contribution in [0.25, 0.3) is 0 Å². The van der Waals surface area contributed by atoms with E-state index in [9.17, 15) is 4.79 Å². The van der Waals surface area contributed by atoms with Gasteiger partial charge in [0.2, 0.25) is 5.91 Å². The smallest absolute Gasteiger partial charge is 0.221 e. The van der Waals surface area contributed by atoms with Crippen molar-refractivity contribution in [3.8, 4) is 0 Å². The van der Waals surface area contributed by atoms with E-state index in [-0.39, 0.29) is 11.9 Å². The van der Waals surface area contributed by atoms with Crippen LogP contribution in [-0.2, 0) is 9.53 Å². The van der Waals surface area contributed by atoms with Gasteiger partial charge in [0.1, 0.15) is 0 Å². The first kappa shape index (κ1) is 13.5. The Bertz CT molecular complexity index is 221. The third-order valence-corrected chi connectivity index (χ3v) is 3.13. The second kappa shape index (κ2) is 6.86. The van der Waals surface area contributed by atoms with Crippen LogP contribution in [0, 0.1) is 0 Å². The third-order valence-electron chi connectivity index (χ3n) is 3.13. The van der Waals surface area contributed by atoms with Gasteiger partial charge in [0.15, 0.2) is 0 Å². The van der Waals surface area contributed by atoms with Gasteiger partial charge in [-0.25, -0.2) is 0 Å². The fourth-order valence-electron chi connectivity index (χ4n) is 2.27. The third kappa shape index (κ3) is 4.49. The first-order valence-electron chi connectivity index (χ1n) is 6.21. The van der Waals surface area contributed by atoms with Gasteiger partial charge in [-0.05, 0) is 32.7 Å². The SMILES string of the molecule is CCNC(C)CC(=O)NC1CCC(OC)C1. The lowest BCUT2D eigenvalue weighted by molar-refractivity contribution is -0.122. The molecule has 1 aliphatic carbocycles. The first-order chi connectivity index (χ1) is 7.65. The lowest BCUT2D eigenvalue weighted by atomic mass is 10.2. The number of methoxy groups -OCH3 is 1. The monoisotopic (exact) mass is 228 g/mol. The first-order valence-corrected chi connectivity index (χ1v) is 6.21. The van der Waals surface area contributed by atoms with Crippen molar-refractivity contribution in [2.75, 3.05) is 13.7 Å². The Morgan fingerprint density at radius 3 is 2.81 bits per heavy atom. The van der Waals surface area contributed by atoms with E-state index in [4.69, 9.17) is 4.74 Å². The number of amides is 1. The van der Waals surface area contributed by atoms with E-state index in [2.05, 4.69) is 17.6 Å². The number of carbonyl (C=O) groups excluding carboxylic acids is 1. The van der Waals surface area contributed by atoms with Crippen LogP contribution in [0.2, 0.25) is 0 Å². The number of nitrogens with one attached hydrogen (secondary N) is 2. The molecular weight excluding hydrogens is 204 g/mol. The van der Waals surface area contributed by atoms with E-state index in [1.807, 2.05) is 6.92 Å². The summed E-state index contributed by atoms with van der Waals surface area (Å²) in [6.45, 7) is 4.99. The van der Waals surface area contributed by atoms with Crippen molar-refractivity contribution >= 4 is 5.91 Å². The summed E-state index contributed by atoms with van der Waals surface area (Å²) in [5.41, 5.74) is 0. The highest BCUT2D eigenvalue weighted by molar-refractivity contribution is 5.76. The predicted molar refractivity (Wildman–Crippen MR) is 64.3 cm³/mol. The summed E-state index contributed by atoms with van der Waals surface area (Å²) in [6.07, 6.45) is 3.95. The fourth-order valence-corrected chi connectivity index (χ4v) is 2.27. The molecule has 4 heteroatoms. The number of hydrogen-bond donors (Lipinski definition) is 2. The van der Waals surface area contributed by atoms with Crippen molar-refractivity contribution in [3.05, 3.63) is 0 Å². The number of rotatable bonds is 6. The molecule has 0 aromatic rings. The molecule has 94 valence electrons. The zero-order valence-electron chi connectivity index (χ0n) is 10.6.